The molecule has 0 bridgehead atoms. The van der Waals surface area contributed by atoms with E-state index in [0.717, 1.165) is 25.1 Å². The molecule has 0 N–H and O–H groups in total. The molecule has 0 radical (unpaired) electrons. The van der Waals surface area contributed by atoms with Gasteiger partial charge in [0.05, 0.1) is 0 Å². The van der Waals surface area contributed by atoms with Crippen LogP contribution < -0.4 is 0 Å². The molecular formula is C14H21N7O2. The lowest BCUT2D eigenvalue weighted by Gasteiger charge is -2.30. The van der Waals surface area contributed by atoms with Crippen molar-refractivity contribution in [1.29, 1.82) is 0 Å². The van der Waals surface area contributed by atoms with Crippen molar-refractivity contribution >= 4 is 5.91 Å². The fourth-order valence-electron chi connectivity index (χ4n) is 2.75. The normalized spacial score (nSPS) is 16.2. The van der Waals surface area contributed by atoms with Gasteiger partial charge in [-0.2, -0.15) is 4.98 Å². The molecule has 0 unspecified atom stereocenters. The number of aromatic nitrogens is 6. The van der Waals surface area contributed by atoms with Crippen LogP contribution in [0.3, 0.4) is 0 Å². The van der Waals surface area contributed by atoms with Crippen LogP contribution in [0, 0.1) is 5.92 Å². The molecule has 0 aliphatic carbocycles. The van der Waals surface area contributed by atoms with Gasteiger partial charge in [-0.25, -0.2) is 4.68 Å². The molecule has 23 heavy (non-hydrogen) atoms. The number of carbonyl (C=O) groups excluding carboxylic acids is 1. The average molecular weight is 319 g/mol. The maximum Gasteiger partial charge on any atom is 0.244 e. The first kappa shape index (κ1) is 15.6. The van der Waals surface area contributed by atoms with Crippen molar-refractivity contribution in [2.45, 2.75) is 45.6 Å². The van der Waals surface area contributed by atoms with Gasteiger partial charge in [-0.05, 0) is 29.2 Å². The van der Waals surface area contributed by atoms with Gasteiger partial charge in [0.25, 0.3) is 0 Å². The summed E-state index contributed by atoms with van der Waals surface area (Å²) in [4.78, 5) is 18.5. The van der Waals surface area contributed by atoms with Crippen molar-refractivity contribution in [2.75, 3.05) is 13.1 Å². The summed E-state index contributed by atoms with van der Waals surface area (Å²) in [6.07, 6.45) is 3.95. The van der Waals surface area contributed by atoms with Gasteiger partial charge in [-0.3, -0.25) is 4.79 Å². The van der Waals surface area contributed by atoms with Gasteiger partial charge < -0.3 is 9.42 Å². The Kier molecular flexibility index (Phi) is 4.63. The highest BCUT2D eigenvalue weighted by Crippen LogP contribution is 2.27. The van der Waals surface area contributed by atoms with Gasteiger partial charge >= 0.3 is 0 Å². The first-order chi connectivity index (χ1) is 11.1. The van der Waals surface area contributed by atoms with Crippen LogP contribution in [0.5, 0.6) is 0 Å². The van der Waals surface area contributed by atoms with Gasteiger partial charge in [0.1, 0.15) is 12.9 Å². The van der Waals surface area contributed by atoms with E-state index < -0.39 is 0 Å². The van der Waals surface area contributed by atoms with E-state index in [1.54, 1.807) is 0 Å². The number of hydrogen-bond acceptors (Lipinski definition) is 7. The number of likely N-dealkylation sites (tertiary alicyclic amines) is 1. The van der Waals surface area contributed by atoms with Crippen molar-refractivity contribution in [2.24, 2.45) is 5.92 Å². The van der Waals surface area contributed by atoms with Crippen molar-refractivity contribution in [3.05, 3.63) is 18.0 Å². The molecule has 124 valence electrons. The van der Waals surface area contributed by atoms with Gasteiger partial charge in [-0.1, -0.05) is 19.0 Å². The second-order valence-electron chi connectivity index (χ2n) is 6.31. The smallest absolute Gasteiger partial charge is 0.244 e. The Labute approximate surface area is 134 Å². The number of tetrazole rings is 1. The largest absolute Gasteiger partial charge is 0.341 e. The fraction of sp³-hybridized carbons (Fsp3) is 0.714. The topological polar surface area (TPSA) is 103 Å². The lowest BCUT2D eigenvalue weighted by atomic mass is 9.96. The lowest BCUT2D eigenvalue weighted by molar-refractivity contribution is -0.133. The SMILES string of the molecule is CC(C)Cc1noc(C2CCN(C(=O)Cn3cnnn3)CC2)n1. The molecule has 1 fully saturated rings. The van der Waals surface area contributed by atoms with Crippen LogP contribution in [0.15, 0.2) is 10.9 Å². The van der Waals surface area contributed by atoms with Crippen molar-refractivity contribution < 1.29 is 9.32 Å². The molecular weight excluding hydrogens is 298 g/mol. The number of carbonyl (C=O) groups is 1. The van der Waals surface area contributed by atoms with E-state index in [1.807, 2.05) is 4.90 Å². The maximum absolute atomic E-state index is 12.2. The molecule has 3 rings (SSSR count). The molecule has 0 aromatic carbocycles. The minimum atomic E-state index is 0.0294. The summed E-state index contributed by atoms with van der Waals surface area (Å²) in [6.45, 7) is 5.81. The summed E-state index contributed by atoms with van der Waals surface area (Å²) in [7, 11) is 0. The van der Waals surface area contributed by atoms with Crippen molar-refractivity contribution in [3.63, 3.8) is 0 Å². The van der Waals surface area contributed by atoms with Crippen molar-refractivity contribution in [3.8, 4) is 0 Å². The van der Waals surface area contributed by atoms with Crippen LogP contribution in [0.2, 0.25) is 0 Å². The van der Waals surface area contributed by atoms with E-state index >= 15 is 0 Å². The Hall–Kier alpha value is -2.32. The highest BCUT2D eigenvalue weighted by atomic mass is 16.5. The van der Waals surface area contributed by atoms with Crippen LogP contribution in [-0.2, 0) is 17.8 Å². The molecule has 0 atom stereocenters. The van der Waals surface area contributed by atoms with Crippen LogP contribution >= 0.6 is 0 Å². The predicted octanol–water partition coefficient (Wildman–Crippen LogP) is 0.661. The molecule has 2 aromatic rings. The molecule has 9 heteroatoms. The Morgan fingerprint density at radius 2 is 2.17 bits per heavy atom. The second-order valence-corrected chi connectivity index (χ2v) is 6.31. The Morgan fingerprint density at radius 1 is 1.39 bits per heavy atom. The van der Waals surface area contributed by atoms with Gasteiger partial charge in [-0.15, -0.1) is 5.10 Å². The highest BCUT2D eigenvalue weighted by Gasteiger charge is 2.27. The molecule has 3 heterocycles. The minimum Gasteiger partial charge on any atom is -0.341 e. The molecule has 9 nitrogen and oxygen atoms in total. The van der Waals surface area contributed by atoms with E-state index in [1.165, 1.54) is 11.0 Å². The van der Waals surface area contributed by atoms with Gasteiger partial charge in [0.2, 0.25) is 11.8 Å². The number of hydrogen-bond donors (Lipinski definition) is 0. The van der Waals surface area contributed by atoms with E-state index in [4.69, 9.17) is 4.52 Å². The third-order valence-electron chi connectivity index (χ3n) is 3.96. The predicted molar refractivity (Wildman–Crippen MR) is 79.2 cm³/mol. The second kappa shape index (κ2) is 6.84. The van der Waals surface area contributed by atoms with E-state index in [-0.39, 0.29) is 18.4 Å². The minimum absolute atomic E-state index is 0.0294. The standard InChI is InChI=1S/C14H21N7O2/c1-10(2)7-12-16-14(23-17-12)11-3-5-20(6-4-11)13(22)8-21-9-15-18-19-21/h9-11H,3-8H2,1-2H3. The lowest BCUT2D eigenvalue weighted by Crippen LogP contribution is -2.39. The number of amides is 1. The molecule has 1 amide bonds. The van der Waals surface area contributed by atoms with Gasteiger partial charge in [0.15, 0.2) is 5.82 Å². The summed E-state index contributed by atoms with van der Waals surface area (Å²) in [5, 5.41) is 14.8. The molecule has 0 saturated carbocycles. The summed E-state index contributed by atoms with van der Waals surface area (Å²) >= 11 is 0. The summed E-state index contributed by atoms with van der Waals surface area (Å²) < 4.78 is 6.83. The summed E-state index contributed by atoms with van der Waals surface area (Å²) in [6, 6.07) is 0. The first-order valence-corrected chi connectivity index (χ1v) is 7.93. The maximum atomic E-state index is 12.2. The van der Waals surface area contributed by atoms with Crippen LogP contribution in [0.25, 0.3) is 0 Å². The van der Waals surface area contributed by atoms with Crippen LogP contribution in [0.1, 0.15) is 44.3 Å². The zero-order chi connectivity index (χ0) is 16.2. The van der Waals surface area contributed by atoms with E-state index in [0.29, 0.717) is 24.9 Å². The Bertz CT molecular complexity index is 629. The Morgan fingerprint density at radius 3 is 2.83 bits per heavy atom. The molecule has 1 aliphatic rings. The fourth-order valence-corrected chi connectivity index (χ4v) is 2.75. The van der Waals surface area contributed by atoms with Crippen molar-refractivity contribution in [1.82, 2.24) is 35.2 Å². The van der Waals surface area contributed by atoms with E-state index in [2.05, 4.69) is 39.5 Å². The van der Waals surface area contributed by atoms with Crippen LogP contribution in [-0.4, -0.2) is 54.2 Å². The molecule has 1 aliphatic heterocycles. The zero-order valence-electron chi connectivity index (χ0n) is 13.4. The highest BCUT2D eigenvalue weighted by molar-refractivity contribution is 5.75. The molecule has 2 aromatic heterocycles. The third-order valence-corrected chi connectivity index (χ3v) is 3.96. The Balaban J connectivity index is 1.51. The average Bonchev–Trinajstić information content (AvgIpc) is 3.19. The third kappa shape index (κ3) is 3.91. The quantitative estimate of drug-likeness (QED) is 0.797. The zero-order valence-corrected chi connectivity index (χ0v) is 13.4. The number of piperidine rings is 1. The first-order valence-electron chi connectivity index (χ1n) is 7.93. The summed E-state index contributed by atoms with van der Waals surface area (Å²) in [5.41, 5.74) is 0. The molecule has 1 saturated heterocycles. The van der Waals surface area contributed by atoms with E-state index in [9.17, 15) is 4.79 Å². The summed E-state index contributed by atoms with van der Waals surface area (Å²) in [5.74, 6) is 2.24. The van der Waals surface area contributed by atoms with Crippen LogP contribution in [0.4, 0.5) is 0 Å². The van der Waals surface area contributed by atoms with Gasteiger partial charge in [0, 0.05) is 25.4 Å². The number of rotatable bonds is 5. The monoisotopic (exact) mass is 319 g/mol. The molecule has 0 spiro atoms. The number of nitrogens with zero attached hydrogens (tertiary/aromatic N) is 7.